The van der Waals surface area contributed by atoms with Gasteiger partial charge in [-0.1, -0.05) is 71.7 Å². The first-order valence-corrected chi connectivity index (χ1v) is 11.6. The first kappa shape index (κ1) is 24.3. The maximum Gasteiger partial charge on any atom is 0.271 e. The molecular formula is C28H22Cl2N2O3. The van der Waals surface area contributed by atoms with E-state index in [1.165, 1.54) is 0 Å². The first-order valence-electron chi connectivity index (χ1n) is 10.8. The highest BCUT2D eigenvalue weighted by Crippen LogP contribution is 2.23. The second-order valence-corrected chi connectivity index (χ2v) is 8.40. The molecule has 0 radical (unpaired) electrons. The maximum absolute atomic E-state index is 12.5. The van der Waals surface area contributed by atoms with Crippen molar-refractivity contribution in [3.8, 4) is 11.5 Å². The zero-order valence-corrected chi connectivity index (χ0v) is 20.2. The number of ether oxygens (including phenoxy) is 2. The van der Waals surface area contributed by atoms with Crippen LogP contribution >= 0.6 is 23.2 Å². The highest BCUT2D eigenvalue weighted by molar-refractivity contribution is 6.35. The van der Waals surface area contributed by atoms with Crippen molar-refractivity contribution in [1.29, 1.82) is 0 Å². The van der Waals surface area contributed by atoms with Crippen molar-refractivity contribution >= 4 is 35.3 Å². The van der Waals surface area contributed by atoms with E-state index in [9.17, 15) is 4.79 Å². The molecule has 0 spiro atoms. The van der Waals surface area contributed by atoms with Gasteiger partial charge in [0.2, 0.25) is 0 Å². The van der Waals surface area contributed by atoms with E-state index in [-0.39, 0.29) is 12.5 Å². The lowest BCUT2D eigenvalue weighted by Gasteiger charge is -2.09. The summed E-state index contributed by atoms with van der Waals surface area (Å²) in [5.41, 5.74) is 5.64. The number of rotatable bonds is 9. The zero-order valence-electron chi connectivity index (χ0n) is 18.7. The fraction of sp³-hybridized carbons (Fsp3) is 0.0714. The standard InChI is InChI=1S/C28H22Cl2N2O3/c29-24-13-10-23(26(30)16-24)19-34-25-14-11-21(12-15-25)28(33)32-31-17-22-8-4-5-9-27(22)35-18-20-6-2-1-3-7-20/h1-17H,18-19H2,(H,32,33)/b31-17-. The average Bonchev–Trinajstić information content (AvgIpc) is 2.88. The Balaban J connectivity index is 1.31. The summed E-state index contributed by atoms with van der Waals surface area (Å²) in [4.78, 5) is 12.5. The van der Waals surface area contributed by atoms with Crippen LogP contribution < -0.4 is 14.9 Å². The van der Waals surface area contributed by atoms with E-state index < -0.39 is 0 Å². The van der Waals surface area contributed by atoms with Gasteiger partial charge in [0, 0.05) is 26.7 Å². The lowest BCUT2D eigenvalue weighted by molar-refractivity contribution is 0.0955. The SMILES string of the molecule is O=C(N/N=C\c1ccccc1OCc1ccccc1)c1ccc(OCc2ccc(Cl)cc2Cl)cc1. The summed E-state index contributed by atoms with van der Waals surface area (Å²) in [7, 11) is 0. The molecule has 5 nitrogen and oxygen atoms in total. The summed E-state index contributed by atoms with van der Waals surface area (Å²) in [6.45, 7) is 0.730. The summed E-state index contributed by atoms with van der Waals surface area (Å²) in [6, 6.07) is 29.4. The highest BCUT2D eigenvalue weighted by Gasteiger charge is 2.07. The Bertz CT molecular complexity index is 1310. The van der Waals surface area contributed by atoms with E-state index in [1.807, 2.05) is 60.7 Å². The van der Waals surface area contributed by atoms with Crippen LogP contribution in [0.1, 0.15) is 27.0 Å². The predicted molar refractivity (Wildman–Crippen MR) is 140 cm³/mol. The van der Waals surface area contributed by atoms with Crippen molar-refractivity contribution in [1.82, 2.24) is 5.43 Å². The van der Waals surface area contributed by atoms with Gasteiger partial charge in [-0.3, -0.25) is 4.79 Å². The molecule has 7 heteroatoms. The Morgan fingerprint density at radius 1 is 0.829 bits per heavy atom. The molecule has 35 heavy (non-hydrogen) atoms. The molecule has 0 aliphatic carbocycles. The van der Waals surface area contributed by atoms with Gasteiger partial charge in [-0.15, -0.1) is 0 Å². The quantitative estimate of drug-likeness (QED) is 0.199. The van der Waals surface area contributed by atoms with Gasteiger partial charge in [0.1, 0.15) is 24.7 Å². The molecule has 1 N–H and O–H groups in total. The number of amides is 1. The molecule has 0 unspecified atom stereocenters. The minimum Gasteiger partial charge on any atom is -0.489 e. The van der Waals surface area contributed by atoms with Gasteiger partial charge in [0.15, 0.2) is 0 Å². The summed E-state index contributed by atoms with van der Waals surface area (Å²) in [5, 5.41) is 5.20. The number of hydrogen-bond donors (Lipinski definition) is 1. The number of benzene rings is 4. The molecule has 1 amide bonds. The topological polar surface area (TPSA) is 59.9 Å². The molecule has 0 saturated heterocycles. The number of nitrogens with zero attached hydrogens (tertiary/aromatic N) is 1. The molecule has 0 saturated carbocycles. The molecule has 4 aromatic rings. The number of halogens is 2. The molecule has 0 atom stereocenters. The molecule has 0 heterocycles. The van der Waals surface area contributed by atoms with Crippen LogP contribution in [0.25, 0.3) is 0 Å². The number of para-hydroxylation sites is 1. The van der Waals surface area contributed by atoms with Crippen LogP contribution in [0, 0.1) is 0 Å². The second-order valence-electron chi connectivity index (χ2n) is 7.56. The number of hydrogen-bond acceptors (Lipinski definition) is 4. The van der Waals surface area contributed by atoms with Crippen LogP contribution in [0.3, 0.4) is 0 Å². The fourth-order valence-corrected chi connectivity index (χ4v) is 3.64. The number of nitrogens with one attached hydrogen (secondary N) is 1. The lowest BCUT2D eigenvalue weighted by Crippen LogP contribution is -2.17. The predicted octanol–water partition coefficient (Wildman–Crippen LogP) is 6.92. The molecular weight excluding hydrogens is 483 g/mol. The van der Waals surface area contributed by atoms with Gasteiger partial charge >= 0.3 is 0 Å². The molecule has 0 aliphatic heterocycles. The average molecular weight is 505 g/mol. The van der Waals surface area contributed by atoms with E-state index in [2.05, 4.69) is 10.5 Å². The van der Waals surface area contributed by atoms with E-state index in [0.29, 0.717) is 33.7 Å². The Morgan fingerprint density at radius 3 is 2.34 bits per heavy atom. The van der Waals surface area contributed by atoms with Crippen LogP contribution in [0.4, 0.5) is 0 Å². The molecule has 0 bridgehead atoms. The van der Waals surface area contributed by atoms with E-state index in [0.717, 1.165) is 16.7 Å². The van der Waals surface area contributed by atoms with Crippen molar-refractivity contribution in [2.45, 2.75) is 13.2 Å². The normalized spacial score (nSPS) is 10.8. The molecule has 0 aliphatic rings. The van der Waals surface area contributed by atoms with Crippen LogP contribution in [0.15, 0.2) is 102 Å². The number of carbonyl (C=O) groups excluding carboxylic acids is 1. The van der Waals surface area contributed by atoms with Gasteiger partial charge in [-0.25, -0.2) is 5.43 Å². The minimum atomic E-state index is -0.337. The van der Waals surface area contributed by atoms with Crippen LogP contribution in [-0.4, -0.2) is 12.1 Å². The molecule has 4 rings (SSSR count). The Kier molecular flexibility index (Phi) is 8.39. The van der Waals surface area contributed by atoms with Crippen molar-refractivity contribution in [2.24, 2.45) is 5.10 Å². The maximum atomic E-state index is 12.5. The van der Waals surface area contributed by atoms with Gasteiger partial charge < -0.3 is 9.47 Å². The van der Waals surface area contributed by atoms with Gasteiger partial charge in [-0.05, 0) is 54.1 Å². The van der Waals surface area contributed by atoms with E-state index in [4.69, 9.17) is 32.7 Å². The fourth-order valence-electron chi connectivity index (χ4n) is 3.18. The Labute approximate surface area is 213 Å². The van der Waals surface area contributed by atoms with Crippen molar-refractivity contribution in [2.75, 3.05) is 0 Å². The third kappa shape index (κ3) is 7.09. The first-order chi connectivity index (χ1) is 17.1. The van der Waals surface area contributed by atoms with Gasteiger partial charge in [0.05, 0.1) is 6.21 Å². The lowest BCUT2D eigenvalue weighted by atomic mass is 10.2. The summed E-state index contributed by atoms with van der Waals surface area (Å²) in [6.07, 6.45) is 1.56. The van der Waals surface area contributed by atoms with E-state index >= 15 is 0 Å². The third-order valence-corrected chi connectivity index (χ3v) is 5.64. The van der Waals surface area contributed by atoms with Crippen molar-refractivity contribution in [3.05, 3.63) is 129 Å². The van der Waals surface area contributed by atoms with Crippen LogP contribution in [0.2, 0.25) is 10.0 Å². The monoisotopic (exact) mass is 504 g/mol. The Morgan fingerprint density at radius 2 is 1.57 bits per heavy atom. The number of hydrazone groups is 1. The van der Waals surface area contributed by atoms with Crippen LogP contribution in [0.5, 0.6) is 11.5 Å². The van der Waals surface area contributed by atoms with Crippen molar-refractivity contribution in [3.63, 3.8) is 0 Å². The highest BCUT2D eigenvalue weighted by atomic mass is 35.5. The zero-order chi connectivity index (χ0) is 24.5. The molecule has 4 aromatic carbocycles. The van der Waals surface area contributed by atoms with Gasteiger partial charge in [-0.2, -0.15) is 5.10 Å². The molecule has 0 fully saturated rings. The third-order valence-electron chi connectivity index (χ3n) is 5.05. The minimum absolute atomic E-state index is 0.289. The van der Waals surface area contributed by atoms with Crippen molar-refractivity contribution < 1.29 is 14.3 Å². The molecule has 0 aromatic heterocycles. The molecule has 176 valence electrons. The summed E-state index contributed by atoms with van der Waals surface area (Å²) in [5.74, 6) is 0.952. The summed E-state index contributed by atoms with van der Waals surface area (Å²) < 4.78 is 11.7. The Hall–Kier alpha value is -3.80. The van der Waals surface area contributed by atoms with Crippen LogP contribution in [-0.2, 0) is 13.2 Å². The van der Waals surface area contributed by atoms with E-state index in [1.54, 1.807) is 42.6 Å². The summed E-state index contributed by atoms with van der Waals surface area (Å²) >= 11 is 12.1. The second kappa shape index (κ2) is 12.1. The number of carbonyl (C=O) groups is 1. The van der Waals surface area contributed by atoms with Gasteiger partial charge in [0.25, 0.3) is 5.91 Å². The smallest absolute Gasteiger partial charge is 0.271 e. The largest absolute Gasteiger partial charge is 0.489 e.